The summed E-state index contributed by atoms with van der Waals surface area (Å²) in [5.41, 5.74) is 0.950. The maximum Gasteiger partial charge on any atom is 0.193 e. The van der Waals surface area contributed by atoms with E-state index in [-0.39, 0.29) is 35.9 Å². The van der Waals surface area contributed by atoms with Crippen molar-refractivity contribution in [2.45, 2.75) is 50.7 Å². The van der Waals surface area contributed by atoms with Crippen LogP contribution in [0.1, 0.15) is 50.2 Å². The van der Waals surface area contributed by atoms with Crippen molar-refractivity contribution in [1.29, 1.82) is 0 Å². The monoisotopic (exact) mass is 519 g/mol. The van der Waals surface area contributed by atoms with E-state index in [4.69, 9.17) is 9.47 Å². The minimum absolute atomic E-state index is 0. The summed E-state index contributed by atoms with van der Waals surface area (Å²) in [5.74, 6) is 1.43. The Morgan fingerprint density at radius 2 is 1.83 bits per heavy atom. The number of methoxy groups -OCH3 is 1. The van der Waals surface area contributed by atoms with Crippen molar-refractivity contribution in [3.05, 3.63) is 35.6 Å². The fraction of sp³-hybridized carbons (Fsp3) is 0.682. The molecule has 0 amide bonds. The molecule has 1 heterocycles. The van der Waals surface area contributed by atoms with E-state index in [0.717, 1.165) is 50.0 Å². The quantitative estimate of drug-likeness (QED) is 0.330. The topological polar surface area (TPSA) is 46.1 Å². The number of halogens is 2. The third kappa shape index (κ3) is 7.36. The van der Waals surface area contributed by atoms with Gasteiger partial charge in [0.2, 0.25) is 0 Å². The van der Waals surface area contributed by atoms with Gasteiger partial charge in [-0.2, -0.15) is 0 Å². The third-order valence-electron chi connectivity index (χ3n) is 5.97. The van der Waals surface area contributed by atoms with Crippen LogP contribution >= 0.6 is 24.0 Å². The van der Waals surface area contributed by atoms with Crippen molar-refractivity contribution in [2.24, 2.45) is 10.9 Å². The van der Waals surface area contributed by atoms with Crippen LogP contribution < -0.4 is 5.32 Å². The maximum absolute atomic E-state index is 13.1. The minimum atomic E-state index is -0.236. The van der Waals surface area contributed by atoms with Crippen LogP contribution in [-0.2, 0) is 9.47 Å². The fourth-order valence-corrected chi connectivity index (χ4v) is 4.21. The van der Waals surface area contributed by atoms with Gasteiger partial charge < -0.3 is 19.7 Å². The highest BCUT2D eigenvalue weighted by Gasteiger charge is 2.24. The van der Waals surface area contributed by atoms with E-state index in [9.17, 15) is 4.39 Å². The Bertz CT molecular complexity index is 615. The molecule has 1 saturated carbocycles. The number of aliphatic imine (C=N–C) groups is 1. The lowest BCUT2D eigenvalue weighted by atomic mass is 10.1. The van der Waals surface area contributed by atoms with Gasteiger partial charge in [-0.25, -0.2) is 4.39 Å². The van der Waals surface area contributed by atoms with Crippen molar-refractivity contribution < 1.29 is 13.9 Å². The average molecular weight is 519 g/mol. The molecule has 1 atom stereocenters. The van der Waals surface area contributed by atoms with Crippen molar-refractivity contribution in [1.82, 2.24) is 10.2 Å². The minimum Gasteiger partial charge on any atom is -0.378 e. The van der Waals surface area contributed by atoms with E-state index in [0.29, 0.717) is 12.6 Å². The maximum atomic E-state index is 13.1. The number of benzene rings is 1. The Hall–Kier alpha value is -0.930. The predicted molar refractivity (Wildman–Crippen MR) is 125 cm³/mol. The lowest BCUT2D eigenvalue weighted by Crippen LogP contribution is -2.48. The molecule has 164 valence electrons. The Morgan fingerprint density at radius 1 is 1.17 bits per heavy atom. The molecule has 0 bridgehead atoms. The zero-order chi connectivity index (χ0) is 19.8. The summed E-state index contributed by atoms with van der Waals surface area (Å²) in [6, 6.07) is 6.46. The number of rotatable bonds is 7. The summed E-state index contributed by atoms with van der Waals surface area (Å²) >= 11 is 0. The van der Waals surface area contributed by atoms with Gasteiger partial charge in [0, 0.05) is 40.4 Å². The lowest BCUT2D eigenvalue weighted by Gasteiger charge is -2.35. The zero-order valence-corrected chi connectivity index (χ0v) is 19.9. The summed E-state index contributed by atoms with van der Waals surface area (Å²) < 4.78 is 24.9. The molecule has 1 saturated heterocycles. The van der Waals surface area contributed by atoms with Crippen LogP contribution in [0.3, 0.4) is 0 Å². The lowest BCUT2D eigenvalue weighted by molar-refractivity contribution is 0.000878. The Labute approximate surface area is 191 Å². The predicted octanol–water partition coefficient (Wildman–Crippen LogP) is 4.38. The normalized spacial score (nSPS) is 19.8. The van der Waals surface area contributed by atoms with Gasteiger partial charge >= 0.3 is 0 Å². The number of piperidine rings is 1. The standard InChI is InChI=1S/C22H34FN3O2.HI/c1-24-22(25-15-21(27-2)18-7-9-19(23)10-8-18)26-13-11-20(12-14-26)28-16-17-5-3-4-6-17;/h7-10,17,20-21H,3-6,11-16H2,1-2H3,(H,24,25);1H. The number of ether oxygens (including phenoxy) is 2. The molecule has 3 rings (SSSR count). The first-order chi connectivity index (χ1) is 13.7. The van der Waals surface area contributed by atoms with E-state index in [2.05, 4.69) is 15.2 Å². The van der Waals surface area contributed by atoms with E-state index in [1.165, 1.54) is 37.8 Å². The molecule has 2 aliphatic rings. The molecule has 0 aromatic heterocycles. The van der Waals surface area contributed by atoms with Crippen LogP contribution in [0.2, 0.25) is 0 Å². The molecule has 0 radical (unpaired) electrons. The van der Waals surface area contributed by atoms with Crippen LogP contribution in [-0.4, -0.2) is 57.4 Å². The summed E-state index contributed by atoms with van der Waals surface area (Å²) in [6.45, 7) is 3.42. The first-order valence-electron chi connectivity index (χ1n) is 10.5. The second-order valence-electron chi connectivity index (χ2n) is 7.87. The summed E-state index contributed by atoms with van der Waals surface area (Å²) in [6.07, 6.45) is 7.72. The molecule has 1 aromatic carbocycles. The van der Waals surface area contributed by atoms with Crippen LogP contribution in [0.15, 0.2) is 29.3 Å². The van der Waals surface area contributed by atoms with Gasteiger partial charge in [-0.3, -0.25) is 4.99 Å². The van der Waals surface area contributed by atoms with Gasteiger partial charge in [-0.1, -0.05) is 25.0 Å². The number of nitrogens with one attached hydrogen (secondary N) is 1. The molecule has 1 N–H and O–H groups in total. The molecular formula is C22H35FIN3O2. The number of guanidine groups is 1. The van der Waals surface area contributed by atoms with E-state index < -0.39 is 0 Å². The van der Waals surface area contributed by atoms with Crippen molar-refractivity contribution in [2.75, 3.05) is 40.4 Å². The van der Waals surface area contributed by atoms with Crippen molar-refractivity contribution in [3.8, 4) is 0 Å². The Kier molecular flexibility index (Phi) is 10.7. The van der Waals surface area contributed by atoms with Crippen LogP contribution in [0.4, 0.5) is 4.39 Å². The molecule has 1 aliphatic carbocycles. The number of likely N-dealkylation sites (tertiary alicyclic amines) is 1. The van der Waals surface area contributed by atoms with Crippen LogP contribution in [0.25, 0.3) is 0 Å². The molecule has 1 aromatic rings. The average Bonchev–Trinajstić information content (AvgIpc) is 3.25. The van der Waals surface area contributed by atoms with E-state index >= 15 is 0 Å². The molecule has 2 fully saturated rings. The number of nitrogens with zero attached hydrogens (tertiary/aromatic N) is 2. The summed E-state index contributed by atoms with van der Waals surface area (Å²) in [7, 11) is 3.48. The van der Waals surface area contributed by atoms with Gasteiger partial charge in [-0.15, -0.1) is 24.0 Å². The number of hydrogen-bond acceptors (Lipinski definition) is 3. The molecule has 5 nitrogen and oxygen atoms in total. The molecule has 7 heteroatoms. The van der Waals surface area contributed by atoms with Crippen LogP contribution in [0, 0.1) is 11.7 Å². The van der Waals surface area contributed by atoms with Gasteiger partial charge in [0.25, 0.3) is 0 Å². The van der Waals surface area contributed by atoms with Gasteiger partial charge in [0.15, 0.2) is 5.96 Å². The fourth-order valence-electron chi connectivity index (χ4n) is 4.21. The smallest absolute Gasteiger partial charge is 0.193 e. The van der Waals surface area contributed by atoms with Gasteiger partial charge in [-0.05, 0) is 49.3 Å². The molecule has 1 unspecified atom stereocenters. The molecule has 29 heavy (non-hydrogen) atoms. The SMILES string of the molecule is CN=C(NCC(OC)c1ccc(F)cc1)N1CCC(OCC2CCCC2)CC1.I. The second kappa shape index (κ2) is 12.7. The highest BCUT2D eigenvalue weighted by atomic mass is 127. The first kappa shape index (κ1) is 24.3. The summed E-state index contributed by atoms with van der Waals surface area (Å²) in [5, 5.41) is 3.41. The van der Waals surface area contributed by atoms with E-state index in [1.54, 1.807) is 19.2 Å². The van der Waals surface area contributed by atoms with Crippen molar-refractivity contribution >= 4 is 29.9 Å². The highest BCUT2D eigenvalue weighted by molar-refractivity contribution is 14.0. The summed E-state index contributed by atoms with van der Waals surface area (Å²) in [4.78, 5) is 6.72. The highest BCUT2D eigenvalue weighted by Crippen LogP contribution is 2.26. The van der Waals surface area contributed by atoms with Gasteiger partial charge in [0.05, 0.1) is 12.2 Å². The van der Waals surface area contributed by atoms with E-state index in [1.807, 2.05) is 7.05 Å². The van der Waals surface area contributed by atoms with Crippen LogP contribution in [0.5, 0.6) is 0 Å². The number of hydrogen-bond donors (Lipinski definition) is 1. The third-order valence-corrected chi connectivity index (χ3v) is 5.97. The Morgan fingerprint density at radius 3 is 2.41 bits per heavy atom. The zero-order valence-electron chi connectivity index (χ0n) is 17.6. The molecule has 0 spiro atoms. The first-order valence-corrected chi connectivity index (χ1v) is 10.5. The molecule has 1 aliphatic heterocycles. The largest absolute Gasteiger partial charge is 0.378 e. The Balaban J connectivity index is 0.00000300. The van der Waals surface area contributed by atoms with Gasteiger partial charge in [0.1, 0.15) is 5.82 Å². The van der Waals surface area contributed by atoms with Crippen molar-refractivity contribution in [3.63, 3.8) is 0 Å². The second-order valence-corrected chi connectivity index (χ2v) is 7.87. The molecular weight excluding hydrogens is 484 g/mol.